The van der Waals surface area contributed by atoms with Gasteiger partial charge in [-0.2, -0.15) is 0 Å². The molecule has 6 rings (SSSR count). The minimum absolute atomic E-state index is 0.146. The number of carbonyl (C=O) groups is 1. The number of halogens is 2. The second-order valence-electron chi connectivity index (χ2n) is 11.7. The Morgan fingerprint density at radius 1 is 1.07 bits per heavy atom. The number of rotatable bonds is 8. The Hall–Kier alpha value is -4.01. The summed E-state index contributed by atoms with van der Waals surface area (Å²) in [6.45, 7) is 3.43. The molecule has 0 amide bonds. The number of aliphatic carboxylic acids is 1. The number of aromatic nitrogens is 3. The van der Waals surface area contributed by atoms with Gasteiger partial charge in [-0.15, -0.1) is 0 Å². The van der Waals surface area contributed by atoms with Crippen LogP contribution in [0.4, 0.5) is 14.5 Å². The number of nitrogens with zero attached hydrogens (tertiary/aromatic N) is 4. The van der Waals surface area contributed by atoms with Gasteiger partial charge in [-0.25, -0.2) is 13.8 Å². The molecule has 0 radical (unpaired) electrons. The molecule has 2 atom stereocenters. The van der Waals surface area contributed by atoms with Crippen LogP contribution in [0, 0.1) is 12.8 Å². The van der Waals surface area contributed by atoms with Gasteiger partial charge in [0.25, 0.3) is 5.92 Å². The first-order valence-corrected chi connectivity index (χ1v) is 14.7. The van der Waals surface area contributed by atoms with Crippen LogP contribution < -0.4 is 9.64 Å². The Balaban J connectivity index is 1.34. The van der Waals surface area contributed by atoms with Crippen LogP contribution in [0.15, 0.2) is 60.8 Å². The smallest absolute Gasteiger partial charge is 0.307 e. The molecule has 7 nitrogen and oxygen atoms in total. The topological polar surface area (TPSA) is 80.5 Å². The number of hydrogen-bond donors (Lipinski definition) is 1. The van der Waals surface area contributed by atoms with E-state index in [9.17, 15) is 18.7 Å². The molecule has 2 aromatic carbocycles. The third kappa shape index (κ3) is 6.10. The number of pyridine rings is 1. The van der Waals surface area contributed by atoms with Crippen molar-refractivity contribution in [2.75, 3.05) is 18.0 Å². The number of alkyl halides is 2. The minimum Gasteiger partial charge on any atom is -0.487 e. The van der Waals surface area contributed by atoms with Gasteiger partial charge in [-0.1, -0.05) is 31.0 Å². The van der Waals surface area contributed by atoms with Crippen LogP contribution in [-0.2, 0) is 17.9 Å². The molecule has 0 spiro atoms. The number of anilines is 1. The molecule has 1 saturated carbocycles. The van der Waals surface area contributed by atoms with E-state index in [1.165, 1.54) is 0 Å². The van der Waals surface area contributed by atoms with Crippen molar-refractivity contribution in [2.45, 2.75) is 70.4 Å². The summed E-state index contributed by atoms with van der Waals surface area (Å²) in [6.07, 6.45) is 4.79. The maximum Gasteiger partial charge on any atom is 0.307 e. The third-order valence-corrected chi connectivity index (χ3v) is 8.63. The van der Waals surface area contributed by atoms with E-state index in [2.05, 4.69) is 15.6 Å². The van der Waals surface area contributed by atoms with Crippen molar-refractivity contribution in [1.82, 2.24) is 14.5 Å². The summed E-state index contributed by atoms with van der Waals surface area (Å²) in [6, 6.07) is 17.7. The molecule has 1 saturated heterocycles. The number of carboxylic acids is 1. The van der Waals surface area contributed by atoms with Gasteiger partial charge in [-0.3, -0.25) is 9.78 Å². The Bertz CT molecular complexity index is 1560. The first kappa shape index (κ1) is 28.1. The van der Waals surface area contributed by atoms with Crippen LogP contribution in [0.3, 0.4) is 0 Å². The van der Waals surface area contributed by atoms with Gasteiger partial charge in [0.15, 0.2) is 0 Å². The summed E-state index contributed by atoms with van der Waals surface area (Å²) in [4.78, 5) is 23.7. The molecule has 2 aromatic heterocycles. The predicted molar refractivity (Wildman–Crippen MR) is 157 cm³/mol. The quantitative estimate of drug-likeness (QED) is 0.245. The molecular weight excluding hydrogens is 538 g/mol. The highest BCUT2D eigenvalue weighted by Gasteiger charge is 2.36. The Morgan fingerprint density at radius 3 is 2.64 bits per heavy atom. The summed E-state index contributed by atoms with van der Waals surface area (Å²) < 4.78 is 35.8. The van der Waals surface area contributed by atoms with Crippen molar-refractivity contribution in [2.24, 2.45) is 5.92 Å². The molecule has 1 aliphatic heterocycles. The molecule has 1 unspecified atom stereocenters. The molecule has 2 aliphatic rings. The fourth-order valence-corrected chi connectivity index (χ4v) is 6.26. The van der Waals surface area contributed by atoms with E-state index in [0.29, 0.717) is 38.4 Å². The molecule has 42 heavy (non-hydrogen) atoms. The van der Waals surface area contributed by atoms with Crippen LogP contribution in [0.25, 0.3) is 11.0 Å². The molecule has 0 bridgehead atoms. The number of imidazole rings is 1. The van der Waals surface area contributed by atoms with E-state index in [1.54, 1.807) is 0 Å². The SMILES string of the molecule is Cc1ccc(COc2ccc3nc([C@H]4CCCCC4C(=O)O)n(Cc4cccc(N5CCC(F)(F)CC5)c4)c3c2)nc1. The summed E-state index contributed by atoms with van der Waals surface area (Å²) >= 11 is 0. The average Bonchev–Trinajstić information content (AvgIpc) is 3.34. The molecule has 2 fully saturated rings. The number of fused-ring (bicyclic) bond motifs is 1. The van der Waals surface area contributed by atoms with Crippen LogP contribution >= 0.6 is 0 Å². The lowest BCUT2D eigenvalue weighted by Gasteiger charge is -2.33. The zero-order valence-corrected chi connectivity index (χ0v) is 23.8. The lowest BCUT2D eigenvalue weighted by atomic mass is 9.78. The summed E-state index contributed by atoms with van der Waals surface area (Å²) in [7, 11) is 0. The zero-order valence-electron chi connectivity index (χ0n) is 23.8. The molecule has 3 heterocycles. The third-order valence-electron chi connectivity index (χ3n) is 8.63. The molecule has 220 valence electrons. The van der Waals surface area contributed by atoms with Crippen molar-refractivity contribution >= 4 is 22.7 Å². The molecule has 9 heteroatoms. The van der Waals surface area contributed by atoms with Gasteiger partial charge in [0.05, 0.1) is 22.6 Å². The maximum absolute atomic E-state index is 13.8. The van der Waals surface area contributed by atoms with Crippen LogP contribution in [-0.4, -0.2) is 44.6 Å². The van der Waals surface area contributed by atoms with E-state index >= 15 is 0 Å². The van der Waals surface area contributed by atoms with Gasteiger partial charge in [0.2, 0.25) is 0 Å². The summed E-state index contributed by atoms with van der Waals surface area (Å²) in [5.74, 6) is -2.61. The lowest BCUT2D eigenvalue weighted by molar-refractivity contribution is -0.143. The van der Waals surface area contributed by atoms with Crippen molar-refractivity contribution in [3.8, 4) is 5.75 Å². The van der Waals surface area contributed by atoms with Crippen LogP contribution in [0.1, 0.15) is 67.1 Å². The molecular formula is C33H36F2N4O3. The minimum atomic E-state index is -2.60. The summed E-state index contributed by atoms with van der Waals surface area (Å²) in [5.41, 5.74) is 5.50. The first-order valence-electron chi connectivity index (χ1n) is 14.7. The van der Waals surface area contributed by atoms with Crippen molar-refractivity contribution in [3.63, 3.8) is 0 Å². The number of aryl methyl sites for hydroxylation is 1. The van der Waals surface area contributed by atoms with Crippen molar-refractivity contribution in [1.29, 1.82) is 0 Å². The van der Waals surface area contributed by atoms with E-state index in [-0.39, 0.29) is 18.8 Å². The maximum atomic E-state index is 13.8. The normalized spacial score (nSPS) is 20.5. The van der Waals surface area contributed by atoms with Gasteiger partial charge in [-0.05, 0) is 61.2 Å². The van der Waals surface area contributed by atoms with E-state index in [0.717, 1.165) is 58.6 Å². The predicted octanol–water partition coefficient (Wildman–Crippen LogP) is 6.96. The van der Waals surface area contributed by atoms with E-state index in [4.69, 9.17) is 9.72 Å². The van der Waals surface area contributed by atoms with E-state index < -0.39 is 17.8 Å². The number of hydrogen-bond acceptors (Lipinski definition) is 5. The Labute approximate surface area is 244 Å². The van der Waals surface area contributed by atoms with Crippen LogP contribution in [0.2, 0.25) is 0 Å². The largest absolute Gasteiger partial charge is 0.487 e. The highest BCUT2D eigenvalue weighted by Crippen LogP contribution is 2.40. The highest BCUT2D eigenvalue weighted by molar-refractivity contribution is 5.79. The Kier molecular flexibility index (Phi) is 7.84. The zero-order chi connectivity index (χ0) is 29.3. The highest BCUT2D eigenvalue weighted by atomic mass is 19.3. The fraction of sp³-hybridized carbons (Fsp3) is 0.424. The van der Waals surface area contributed by atoms with Crippen molar-refractivity contribution in [3.05, 3.63) is 83.4 Å². The lowest BCUT2D eigenvalue weighted by Crippen LogP contribution is -2.39. The van der Waals surface area contributed by atoms with Gasteiger partial charge in [0.1, 0.15) is 18.2 Å². The fourth-order valence-electron chi connectivity index (χ4n) is 6.26. The second-order valence-corrected chi connectivity index (χ2v) is 11.7. The number of ether oxygens (including phenoxy) is 1. The van der Waals surface area contributed by atoms with Gasteiger partial charge in [0, 0.05) is 56.3 Å². The van der Waals surface area contributed by atoms with Crippen LogP contribution in [0.5, 0.6) is 5.75 Å². The molecule has 4 aromatic rings. The molecule has 1 aliphatic carbocycles. The first-order chi connectivity index (χ1) is 20.3. The monoisotopic (exact) mass is 574 g/mol. The average molecular weight is 575 g/mol. The molecule has 1 N–H and O–H groups in total. The summed E-state index contributed by atoms with van der Waals surface area (Å²) in [5, 5.41) is 10.1. The van der Waals surface area contributed by atoms with E-state index in [1.807, 2.05) is 66.6 Å². The Morgan fingerprint density at radius 2 is 1.88 bits per heavy atom. The number of benzene rings is 2. The number of piperidine rings is 1. The van der Waals surface area contributed by atoms with Gasteiger partial charge >= 0.3 is 5.97 Å². The van der Waals surface area contributed by atoms with Crippen molar-refractivity contribution < 1.29 is 23.4 Å². The van der Waals surface area contributed by atoms with Gasteiger partial charge < -0.3 is 19.3 Å². The standard InChI is InChI=1S/C33H36F2N4O3/c1-22-9-10-24(36-19-22)21-42-26-11-12-29-30(18-26)39(31(37-29)27-7-2-3-8-28(27)32(40)41)20-23-5-4-6-25(17-23)38-15-13-33(34,35)14-16-38/h4-6,9-12,17-19,27-28H,2-3,7-8,13-16,20-21H2,1H3,(H,40,41)/t27-,28?/m0/s1. The number of carboxylic acid groups (broad SMARTS) is 1. The second kappa shape index (κ2) is 11.7.